The molecule has 5 fully saturated rings. The second kappa shape index (κ2) is 1.81. The summed E-state index contributed by atoms with van der Waals surface area (Å²) < 4.78 is 0. The summed E-state index contributed by atoms with van der Waals surface area (Å²) in [6, 6.07) is 0. The molecule has 5 aliphatic carbocycles. The van der Waals surface area contributed by atoms with Crippen LogP contribution >= 0.6 is 0 Å². The minimum atomic E-state index is 0.427. The summed E-state index contributed by atoms with van der Waals surface area (Å²) in [6.45, 7) is 0. The highest BCUT2D eigenvalue weighted by molar-refractivity contribution is 6.10. The quantitative estimate of drug-likeness (QED) is 0.457. The first-order valence-corrected chi connectivity index (χ1v) is 5.82. The van der Waals surface area contributed by atoms with Gasteiger partial charge < -0.3 is 10.4 Å². The molecule has 0 aromatic rings. The normalized spacial score (nSPS) is 71.2. The molecule has 0 aromatic carbocycles. The maximum absolute atomic E-state index is 9.13. The molecule has 4 nitrogen and oxygen atoms in total. The average Bonchev–Trinajstić information content (AvgIpc) is 2.73. The zero-order chi connectivity index (χ0) is 9.89. The van der Waals surface area contributed by atoms with Crippen LogP contribution in [0.2, 0.25) is 0 Å². The van der Waals surface area contributed by atoms with E-state index in [-0.39, 0.29) is 0 Å². The fourth-order valence-electron chi connectivity index (χ4n) is 6.13. The van der Waals surface area contributed by atoms with Crippen molar-refractivity contribution in [3.05, 3.63) is 0 Å². The van der Waals surface area contributed by atoms with Gasteiger partial charge in [-0.25, -0.2) is 0 Å². The number of fused-ring (bicyclic) bond motifs is 2. The van der Waals surface area contributed by atoms with Gasteiger partial charge in [0.2, 0.25) is 0 Å². The Morgan fingerprint density at radius 1 is 0.800 bits per heavy atom. The van der Waals surface area contributed by atoms with Crippen molar-refractivity contribution in [1.82, 2.24) is 0 Å². The van der Waals surface area contributed by atoms with Crippen molar-refractivity contribution in [2.24, 2.45) is 57.7 Å². The molecule has 5 rings (SSSR count). The number of rotatable bonds is 0. The van der Waals surface area contributed by atoms with Crippen LogP contribution in [0.1, 0.15) is 6.42 Å². The van der Waals surface area contributed by atoms with E-state index in [0.717, 1.165) is 35.1 Å². The zero-order valence-corrected chi connectivity index (χ0v) is 8.11. The molecule has 2 bridgehead atoms. The van der Waals surface area contributed by atoms with E-state index in [2.05, 4.69) is 10.3 Å². The highest BCUT2D eigenvalue weighted by Crippen LogP contribution is 2.80. The van der Waals surface area contributed by atoms with Crippen molar-refractivity contribution < 1.29 is 10.4 Å². The van der Waals surface area contributed by atoms with Crippen LogP contribution in [0, 0.1) is 47.3 Å². The largest absolute Gasteiger partial charge is 0.411 e. The van der Waals surface area contributed by atoms with Crippen molar-refractivity contribution in [2.75, 3.05) is 0 Å². The van der Waals surface area contributed by atoms with E-state index in [4.69, 9.17) is 10.4 Å². The Labute approximate surface area is 86.6 Å². The predicted octanol–water partition coefficient (Wildman–Crippen LogP) is 1.03. The lowest BCUT2D eigenvalue weighted by Gasteiger charge is -2.44. The van der Waals surface area contributed by atoms with Crippen molar-refractivity contribution in [1.29, 1.82) is 0 Å². The van der Waals surface area contributed by atoms with Crippen molar-refractivity contribution in [3.8, 4) is 0 Å². The van der Waals surface area contributed by atoms with E-state index in [1.807, 2.05) is 0 Å². The fourth-order valence-corrected chi connectivity index (χ4v) is 6.13. The summed E-state index contributed by atoms with van der Waals surface area (Å²) in [4.78, 5) is 0. The Balaban J connectivity index is 1.83. The average molecular weight is 204 g/mol. The van der Waals surface area contributed by atoms with Gasteiger partial charge in [-0.1, -0.05) is 10.3 Å². The lowest BCUT2D eigenvalue weighted by atomic mass is 9.59. The van der Waals surface area contributed by atoms with Crippen LogP contribution in [0.4, 0.5) is 0 Å². The molecule has 8 atom stereocenters. The summed E-state index contributed by atoms with van der Waals surface area (Å²) in [6.07, 6.45) is 1.29. The van der Waals surface area contributed by atoms with Gasteiger partial charge >= 0.3 is 0 Å². The molecule has 0 spiro atoms. The lowest BCUT2D eigenvalue weighted by Crippen LogP contribution is -2.48. The molecule has 0 aliphatic heterocycles. The molecular formula is C11H12N2O2. The third kappa shape index (κ3) is 0.446. The third-order valence-corrected chi connectivity index (χ3v) is 6.10. The Hall–Kier alpha value is -1.06. The molecule has 0 saturated heterocycles. The smallest absolute Gasteiger partial charge is 0.0651 e. The molecular weight excluding hydrogens is 192 g/mol. The van der Waals surface area contributed by atoms with Crippen molar-refractivity contribution in [3.63, 3.8) is 0 Å². The molecule has 2 N–H and O–H groups in total. The molecule has 0 unspecified atom stereocenters. The molecule has 78 valence electrons. The molecule has 0 heterocycles. The summed E-state index contributed by atoms with van der Waals surface area (Å²) >= 11 is 0. The molecule has 15 heavy (non-hydrogen) atoms. The van der Waals surface area contributed by atoms with E-state index in [1.54, 1.807) is 0 Å². The summed E-state index contributed by atoms with van der Waals surface area (Å²) in [5, 5.41) is 25.4. The first-order valence-electron chi connectivity index (χ1n) is 5.82. The van der Waals surface area contributed by atoms with Crippen LogP contribution in [-0.2, 0) is 0 Å². The third-order valence-electron chi connectivity index (χ3n) is 6.10. The van der Waals surface area contributed by atoms with Crippen LogP contribution in [0.3, 0.4) is 0 Å². The zero-order valence-electron chi connectivity index (χ0n) is 8.11. The van der Waals surface area contributed by atoms with Gasteiger partial charge in [0, 0.05) is 23.7 Å². The summed E-state index contributed by atoms with van der Waals surface area (Å²) in [5.74, 6) is 4.76. The highest BCUT2D eigenvalue weighted by atomic mass is 16.4. The number of nitrogens with zero attached hydrogens (tertiary/aromatic N) is 2. The van der Waals surface area contributed by atoms with Crippen molar-refractivity contribution in [2.45, 2.75) is 6.42 Å². The second-order valence-electron chi connectivity index (χ2n) is 5.87. The molecule has 0 amide bonds. The molecule has 0 aromatic heterocycles. The van der Waals surface area contributed by atoms with E-state index >= 15 is 0 Å². The van der Waals surface area contributed by atoms with Gasteiger partial charge in [0.05, 0.1) is 11.4 Å². The monoisotopic (exact) mass is 204 g/mol. The van der Waals surface area contributed by atoms with E-state index in [1.165, 1.54) is 6.42 Å². The van der Waals surface area contributed by atoms with Gasteiger partial charge in [0.15, 0.2) is 0 Å². The first kappa shape index (κ1) is 7.25. The minimum Gasteiger partial charge on any atom is -0.411 e. The van der Waals surface area contributed by atoms with Crippen LogP contribution in [0.5, 0.6) is 0 Å². The summed E-state index contributed by atoms with van der Waals surface area (Å²) in [5.41, 5.74) is 2.09. The molecule has 5 saturated carbocycles. The number of hydrogen-bond donors (Lipinski definition) is 2. The van der Waals surface area contributed by atoms with Crippen LogP contribution in [-0.4, -0.2) is 21.8 Å². The SMILES string of the molecule is ON=C1[C@@H]2[C@H]3C[C@H]4[C@@H]2C(=NO)[C@@H]2[C@@H]1[C@@H]3[C@@H]42. The van der Waals surface area contributed by atoms with E-state index < -0.39 is 0 Å². The molecule has 5 aliphatic rings. The summed E-state index contributed by atoms with van der Waals surface area (Å²) in [7, 11) is 0. The first-order chi connectivity index (χ1) is 7.38. The predicted molar refractivity (Wildman–Crippen MR) is 51.0 cm³/mol. The Kier molecular flexibility index (Phi) is 0.874. The standard InChI is InChI=1S/C11H12N2O2/c14-12-10-6-2-1-3-5-4(2)8(10)9(5)11(13-15)7(3)6/h2-9,14-15H,1H2/t2-,3+,4-,5+,6+,7-,8-,9-/m0/s1. The minimum absolute atomic E-state index is 0.427. The molecule has 0 radical (unpaired) electrons. The lowest BCUT2D eigenvalue weighted by molar-refractivity contribution is 0.0644. The Morgan fingerprint density at radius 3 is 1.67 bits per heavy atom. The van der Waals surface area contributed by atoms with Crippen LogP contribution < -0.4 is 0 Å². The van der Waals surface area contributed by atoms with E-state index in [9.17, 15) is 0 Å². The van der Waals surface area contributed by atoms with Gasteiger partial charge in [0.1, 0.15) is 0 Å². The van der Waals surface area contributed by atoms with Crippen molar-refractivity contribution >= 4 is 11.4 Å². The van der Waals surface area contributed by atoms with Gasteiger partial charge in [-0.05, 0) is 30.1 Å². The highest BCUT2D eigenvalue weighted by Gasteiger charge is 2.82. The maximum Gasteiger partial charge on any atom is 0.0651 e. The molecule has 4 heteroatoms. The van der Waals surface area contributed by atoms with Crippen LogP contribution in [0.15, 0.2) is 10.3 Å². The number of oxime groups is 2. The topological polar surface area (TPSA) is 65.2 Å². The Bertz CT molecular complexity index is 400. The van der Waals surface area contributed by atoms with Crippen LogP contribution in [0.25, 0.3) is 0 Å². The Morgan fingerprint density at radius 2 is 1.27 bits per heavy atom. The van der Waals surface area contributed by atoms with Gasteiger partial charge in [-0.3, -0.25) is 0 Å². The maximum atomic E-state index is 9.13. The fraction of sp³-hybridized carbons (Fsp3) is 0.818. The second-order valence-corrected chi connectivity index (χ2v) is 5.87. The van der Waals surface area contributed by atoms with E-state index in [0.29, 0.717) is 23.7 Å². The van der Waals surface area contributed by atoms with Gasteiger partial charge in [-0.2, -0.15) is 0 Å². The number of hydrogen-bond acceptors (Lipinski definition) is 4. The van der Waals surface area contributed by atoms with Gasteiger partial charge in [-0.15, -0.1) is 0 Å². The van der Waals surface area contributed by atoms with Gasteiger partial charge in [0.25, 0.3) is 0 Å².